The average Bonchev–Trinajstić information content (AvgIpc) is 2.34. The monoisotopic (exact) mass is 272 g/mol. The maximum absolute atomic E-state index is 11.1. The number of carboxylic acid groups (broad SMARTS) is 1. The second-order valence-electron chi connectivity index (χ2n) is 3.86. The molecular weight excluding hydrogens is 256 g/mol. The van der Waals surface area contributed by atoms with Crippen molar-refractivity contribution in [3.63, 3.8) is 0 Å². The minimum absolute atomic E-state index is 0.235. The van der Waals surface area contributed by atoms with E-state index < -0.39 is 12.1 Å². The standard InChI is InChI=1S/C13H17ClO4/c1-3-6-18-12(13(15)16)8-9-7-10(14)4-5-11(9)17-2/h4-5,7,12H,3,6,8H2,1-2H3,(H,15,16). The van der Waals surface area contributed by atoms with Crippen LogP contribution < -0.4 is 4.74 Å². The fourth-order valence-corrected chi connectivity index (χ4v) is 1.78. The fourth-order valence-electron chi connectivity index (χ4n) is 1.58. The molecule has 100 valence electrons. The Balaban J connectivity index is 2.85. The molecule has 0 aliphatic carbocycles. The van der Waals surface area contributed by atoms with Gasteiger partial charge >= 0.3 is 5.97 Å². The van der Waals surface area contributed by atoms with Gasteiger partial charge in [0.05, 0.1) is 7.11 Å². The molecule has 0 saturated carbocycles. The van der Waals surface area contributed by atoms with E-state index in [1.54, 1.807) is 18.2 Å². The number of carbonyl (C=O) groups is 1. The first-order valence-corrected chi connectivity index (χ1v) is 6.13. The van der Waals surface area contributed by atoms with Crippen molar-refractivity contribution in [3.8, 4) is 5.75 Å². The predicted molar refractivity (Wildman–Crippen MR) is 69.4 cm³/mol. The molecule has 0 spiro atoms. The summed E-state index contributed by atoms with van der Waals surface area (Å²) < 4.78 is 10.5. The highest BCUT2D eigenvalue weighted by Crippen LogP contribution is 2.24. The molecule has 1 aromatic rings. The molecule has 18 heavy (non-hydrogen) atoms. The van der Waals surface area contributed by atoms with Gasteiger partial charge in [0.25, 0.3) is 0 Å². The lowest BCUT2D eigenvalue weighted by molar-refractivity contribution is -0.150. The third-order valence-corrected chi connectivity index (χ3v) is 2.68. The number of halogens is 1. The van der Waals surface area contributed by atoms with Crippen LogP contribution in [0.5, 0.6) is 5.75 Å². The molecule has 1 unspecified atom stereocenters. The number of methoxy groups -OCH3 is 1. The molecule has 0 aliphatic rings. The van der Waals surface area contributed by atoms with E-state index >= 15 is 0 Å². The second kappa shape index (κ2) is 7.24. The van der Waals surface area contributed by atoms with Crippen molar-refractivity contribution in [2.24, 2.45) is 0 Å². The molecule has 0 aromatic heterocycles. The Bertz CT molecular complexity index is 406. The molecule has 0 aliphatic heterocycles. The zero-order valence-corrected chi connectivity index (χ0v) is 11.2. The Morgan fingerprint density at radius 1 is 1.50 bits per heavy atom. The van der Waals surface area contributed by atoms with E-state index in [-0.39, 0.29) is 6.42 Å². The van der Waals surface area contributed by atoms with Crippen molar-refractivity contribution >= 4 is 17.6 Å². The number of carboxylic acids is 1. The Labute approximate surface area is 111 Å². The number of benzene rings is 1. The zero-order valence-electron chi connectivity index (χ0n) is 10.5. The first kappa shape index (κ1) is 14.8. The van der Waals surface area contributed by atoms with E-state index in [0.717, 1.165) is 12.0 Å². The molecule has 4 nitrogen and oxygen atoms in total. The Morgan fingerprint density at radius 3 is 2.78 bits per heavy atom. The van der Waals surface area contributed by atoms with E-state index in [0.29, 0.717) is 17.4 Å². The summed E-state index contributed by atoms with van der Waals surface area (Å²) in [6.07, 6.45) is 0.132. The van der Waals surface area contributed by atoms with Gasteiger partial charge in [-0.15, -0.1) is 0 Å². The molecule has 5 heteroatoms. The van der Waals surface area contributed by atoms with Crippen LogP contribution in [0.4, 0.5) is 0 Å². The summed E-state index contributed by atoms with van der Waals surface area (Å²) in [5, 5.41) is 9.64. The van der Waals surface area contributed by atoms with Gasteiger partial charge in [-0.25, -0.2) is 4.79 Å². The van der Waals surface area contributed by atoms with Gasteiger partial charge in [0, 0.05) is 18.1 Å². The van der Waals surface area contributed by atoms with Crippen LogP contribution >= 0.6 is 11.6 Å². The lowest BCUT2D eigenvalue weighted by Crippen LogP contribution is -2.27. The number of aliphatic carboxylic acids is 1. The summed E-state index contributed by atoms with van der Waals surface area (Å²) in [4.78, 5) is 11.1. The third kappa shape index (κ3) is 4.20. The molecule has 0 heterocycles. The number of hydrogen-bond donors (Lipinski definition) is 1. The van der Waals surface area contributed by atoms with E-state index in [9.17, 15) is 4.79 Å². The van der Waals surface area contributed by atoms with Crippen LogP contribution in [-0.4, -0.2) is 30.9 Å². The molecule has 0 saturated heterocycles. The average molecular weight is 273 g/mol. The summed E-state index contributed by atoms with van der Waals surface area (Å²) in [7, 11) is 1.54. The maximum atomic E-state index is 11.1. The summed E-state index contributed by atoms with van der Waals surface area (Å²) in [6, 6.07) is 5.12. The van der Waals surface area contributed by atoms with E-state index in [4.69, 9.17) is 26.2 Å². The molecule has 0 fully saturated rings. The van der Waals surface area contributed by atoms with E-state index in [1.165, 1.54) is 7.11 Å². The van der Waals surface area contributed by atoms with Crippen molar-refractivity contribution in [1.82, 2.24) is 0 Å². The van der Waals surface area contributed by atoms with Crippen LogP contribution in [0.25, 0.3) is 0 Å². The SMILES string of the molecule is CCCOC(Cc1cc(Cl)ccc1OC)C(=O)O. The molecule has 1 N–H and O–H groups in total. The van der Waals surface area contributed by atoms with Crippen LogP contribution in [0.15, 0.2) is 18.2 Å². The zero-order chi connectivity index (χ0) is 13.5. The summed E-state index contributed by atoms with van der Waals surface area (Å²) in [6.45, 7) is 2.35. The summed E-state index contributed by atoms with van der Waals surface area (Å²) in [5.41, 5.74) is 0.730. The van der Waals surface area contributed by atoms with E-state index in [2.05, 4.69) is 0 Å². The highest BCUT2D eigenvalue weighted by molar-refractivity contribution is 6.30. The molecule has 0 radical (unpaired) electrons. The first-order chi connectivity index (χ1) is 8.58. The quantitative estimate of drug-likeness (QED) is 0.829. The van der Waals surface area contributed by atoms with Crippen LogP contribution in [-0.2, 0) is 16.0 Å². The minimum Gasteiger partial charge on any atom is -0.496 e. The van der Waals surface area contributed by atoms with Crippen molar-refractivity contribution < 1.29 is 19.4 Å². The second-order valence-corrected chi connectivity index (χ2v) is 4.29. The Hall–Kier alpha value is -1.26. The van der Waals surface area contributed by atoms with Crippen LogP contribution in [0, 0.1) is 0 Å². The highest BCUT2D eigenvalue weighted by Gasteiger charge is 2.20. The number of ether oxygens (including phenoxy) is 2. The van der Waals surface area contributed by atoms with Gasteiger partial charge in [0.15, 0.2) is 6.10 Å². The largest absolute Gasteiger partial charge is 0.496 e. The smallest absolute Gasteiger partial charge is 0.333 e. The van der Waals surface area contributed by atoms with Crippen LogP contribution in [0.1, 0.15) is 18.9 Å². The van der Waals surface area contributed by atoms with Crippen molar-refractivity contribution in [1.29, 1.82) is 0 Å². The minimum atomic E-state index is -0.981. The lowest BCUT2D eigenvalue weighted by atomic mass is 10.1. The molecule has 0 bridgehead atoms. The van der Waals surface area contributed by atoms with E-state index in [1.807, 2.05) is 6.92 Å². The Kier molecular flexibility index (Phi) is 5.95. The maximum Gasteiger partial charge on any atom is 0.333 e. The fraction of sp³-hybridized carbons (Fsp3) is 0.462. The molecule has 0 amide bonds. The topological polar surface area (TPSA) is 55.8 Å². The molecular formula is C13H17ClO4. The normalized spacial score (nSPS) is 12.2. The van der Waals surface area contributed by atoms with Gasteiger partial charge in [-0.2, -0.15) is 0 Å². The predicted octanol–water partition coefficient (Wildman–Crippen LogP) is 2.77. The van der Waals surface area contributed by atoms with Crippen molar-refractivity contribution in [2.75, 3.05) is 13.7 Å². The van der Waals surface area contributed by atoms with Crippen LogP contribution in [0.3, 0.4) is 0 Å². The summed E-state index contributed by atoms with van der Waals surface area (Å²) >= 11 is 5.90. The van der Waals surface area contributed by atoms with Gasteiger partial charge in [-0.1, -0.05) is 18.5 Å². The molecule has 1 atom stereocenters. The third-order valence-electron chi connectivity index (χ3n) is 2.45. The first-order valence-electron chi connectivity index (χ1n) is 5.75. The van der Waals surface area contributed by atoms with Gasteiger partial charge in [-0.3, -0.25) is 0 Å². The van der Waals surface area contributed by atoms with Gasteiger partial charge in [-0.05, 0) is 30.2 Å². The van der Waals surface area contributed by atoms with Gasteiger partial charge in [0.1, 0.15) is 5.75 Å². The number of hydrogen-bond acceptors (Lipinski definition) is 3. The van der Waals surface area contributed by atoms with Crippen LogP contribution in [0.2, 0.25) is 5.02 Å². The van der Waals surface area contributed by atoms with Gasteiger partial charge < -0.3 is 14.6 Å². The van der Waals surface area contributed by atoms with Crippen molar-refractivity contribution in [2.45, 2.75) is 25.9 Å². The highest BCUT2D eigenvalue weighted by atomic mass is 35.5. The summed E-state index contributed by atoms with van der Waals surface area (Å²) in [5.74, 6) is -0.365. The molecule has 1 aromatic carbocycles. The van der Waals surface area contributed by atoms with Crippen molar-refractivity contribution in [3.05, 3.63) is 28.8 Å². The number of rotatable bonds is 7. The Morgan fingerprint density at radius 2 is 2.22 bits per heavy atom. The lowest BCUT2D eigenvalue weighted by Gasteiger charge is -2.15. The molecule has 1 rings (SSSR count). The van der Waals surface area contributed by atoms with Gasteiger partial charge in [0.2, 0.25) is 0 Å².